The van der Waals surface area contributed by atoms with Crippen molar-refractivity contribution in [1.29, 1.82) is 0 Å². The van der Waals surface area contributed by atoms with Crippen LogP contribution in [-0.4, -0.2) is 18.1 Å². The Morgan fingerprint density at radius 1 is 1.20 bits per heavy atom. The van der Waals surface area contributed by atoms with Gasteiger partial charge in [-0.05, 0) is 36.5 Å². The molecule has 1 aliphatic heterocycles. The van der Waals surface area contributed by atoms with Crippen LogP contribution in [-0.2, 0) is 0 Å². The van der Waals surface area contributed by atoms with Gasteiger partial charge in [0.1, 0.15) is 0 Å². The number of pyridine rings is 1. The summed E-state index contributed by atoms with van der Waals surface area (Å²) in [6.07, 6.45) is 5.08. The van der Waals surface area contributed by atoms with Gasteiger partial charge in [0.15, 0.2) is 0 Å². The zero-order valence-corrected chi connectivity index (χ0v) is 12.3. The molecule has 20 heavy (non-hydrogen) atoms. The Morgan fingerprint density at radius 2 is 1.95 bits per heavy atom. The number of rotatable bonds is 2. The minimum atomic E-state index is 0.754. The fourth-order valence-corrected chi connectivity index (χ4v) is 3.48. The van der Waals surface area contributed by atoms with Gasteiger partial charge >= 0.3 is 0 Å². The molecule has 1 aliphatic rings. The van der Waals surface area contributed by atoms with Crippen molar-refractivity contribution < 1.29 is 0 Å². The third-order valence-corrected chi connectivity index (χ3v) is 4.21. The van der Waals surface area contributed by atoms with E-state index in [9.17, 15) is 0 Å². The minimum Gasteiger partial charge on any atom is -0.370 e. The maximum Gasteiger partial charge on any atom is 0.0794 e. The van der Waals surface area contributed by atoms with Crippen molar-refractivity contribution in [2.24, 2.45) is 11.8 Å². The molecular weight excluding hydrogens is 244 g/mol. The quantitative estimate of drug-likeness (QED) is 0.803. The van der Waals surface area contributed by atoms with E-state index in [-0.39, 0.29) is 0 Å². The fourth-order valence-electron chi connectivity index (χ4n) is 3.48. The molecular formula is C18H22N2. The molecule has 2 nitrogen and oxygen atoms in total. The summed E-state index contributed by atoms with van der Waals surface area (Å²) in [5, 5.41) is 1.24. The number of hydrogen-bond acceptors (Lipinski definition) is 2. The standard InChI is InChI=1S/C18H22N2/c1-4-15-7-8-17(16-6-5-9-19-18(15)16)20-11-13(2)10-14(3)12-20/h4-9,13-14H,1,10-12H2,2-3H3/t13-,14+. The molecule has 1 saturated heterocycles. The third-order valence-electron chi connectivity index (χ3n) is 4.21. The Morgan fingerprint density at radius 3 is 2.65 bits per heavy atom. The van der Waals surface area contributed by atoms with Crippen molar-refractivity contribution in [3.63, 3.8) is 0 Å². The average molecular weight is 266 g/mol. The maximum absolute atomic E-state index is 4.55. The Bertz CT molecular complexity index is 622. The first-order chi connectivity index (χ1) is 9.69. The van der Waals surface area contributed by atoms with E-state index in [2.05, 4.69) is 48.5 Å². The van der Waals surface area contributed by atoms with Gasteiger partial charge in [-0.1, -0.05) is 32.6 Å². The summed E-state index contributed by atoms with van der Waals surface area (Å²) in [5.74, 6) is 1.51. The molecule has 0 spiro atoms. The van der Waals surface area contributed by atoms with Gasteiger partial charge < -0.3 is 4.90 Å². The molecule has 0 saturated carbocycles. The molecule has 0 bridgehead atoms. The first kappa shape index (κ1) is 13.2. The molecule has 2 aromatic rings. The molecule has 0 unspecified atom stereocenters. The van der Waals surface area contributed by atoms with Crippen molar-refractivity contribution in [1.82, 2.24) is 4.98 Å². The monoisotopic (exact) mass is 266 g/mol. The SMILES string of the molecule is C=Cc1ccc(N2C[C@H](C)C[C@H](C)C2)c2cccnc12. The van der Waals surface area contributed by atoms with E-state index >= 15 is 0 Å². The van der Waals surface area contributed by atoms with Crippen molar-refractivity contribution in [3.8, 4) is 0 Å². The molecule has 1 aromatic heterocycles. The van der Waals surface area contributed by atoms with E-state index in [0.29, 0.717) is 0 Å². The lowest BCUT2D eigenvalue weighted by Crippen LogP contribution is -2.38. The molecule has 1 aromatic carbocycles. The van der Waals surface area contributed by atoms with Crippen LogP contribution >= 0.6 is 0 Å². The van der Waals surface area contributed by atoms with Crippen molar-refractivity contribution in [3.05, 3.63) is 42.6 Å². The van der Waals surface area contributed by atoms with Crippen LogP contribution in [0.5, 0.6) is 0 Å². The van der Waals surface area contributed by atoms with Crippen LogP contribution in [0, 0.1) is 11.8 Å². The van der Waals surface area contributed by atoms with E-state index in [1.807, 2.05) is 18.3 Å². The predicted octanol–water partition coefficient (Wildman–Crippen LogP) is 4.36. The summed E-state index contributed by atoms with van der Waals surface area (Å²) in [6.45, 7) is 10.9. The first-order valence-electron chi connectivity index (χ1n) is 7.44. The zero-order valence-electron chi connectivity index (χ0n) is 12.3. The molecule has 0 aliphatic carbocycles. The molecule has 104 valence electrons. The van der Waals surface area contributed by atoms with Gasteiger partial charge in [0.2, 0.25) is 0 Å². The zero-order chi connectivity index (χ0) is 14.1. The van der Waals surface area contributed by atoms with Crippen LogP contribution in [0.25, 0.3) is 17.0 Å². The summed E-state index contributed by atoms with van der Waals surface area (Å²) in [4.78, 5) is 7.07. The average Bonchev–Trinajstić information content (AvgIpc) is 2.45. The lowest BCUT2D eigenvalue weighted by Gasteiger charge is -2.37. The van der Waals surface area contributed by atoms with Crippen LogP contribution in [0.4, 0.5) is 5.69 Å². The van der Waals surface area contributed by atoms with Crippen molar-refractivity contribution in [2.45, 2.75) is 20.3 Å². The summed E-state index contributed by atoms with van der Waals surface area (Å²) in [6, 6.07) is 8.57. The number of hydrogen-bond donors (Lipinski definition) is 0. The summed E-state index contributed by atoms with van der Waals surface area (Å²) < 4.78 is 0. The lowest BCUT2D eigenvalue weighted by molar-refractivity contribution is 0.357. The molecule has 0 amide bonds. The number of nitrogens with zero attached hydrogens (tertiary/aromatic N) is 2. The van der Waals surface area contributed by atoms with E-state index in [1.165, 1.54) is 17.5 Å². The van der Waals surface area contributed by atoms with Gasteiger partial charge in [-0.3, -0.25) is 4.98 Å². The molecule has 3 rings (SSSR count). The van der Waals surface area contributed by atoms with Crippen LogP contribution in [0.3, 0.4) is 0 Å². The largest absolute Gasteiger partial charge is 0.370 e. The number of anilines is 1. The van der Waals surface area contributed by atoms with Crippen LogP contribution < -0.4 is 4.90 Å². The number of piperidine rings is 1. The Labute approximate surface area is 121 Å². The highest BCUT2D eigenvalue weighted by Gasteiger charge is 2.23. The highest BCUT2D eigenvalue weighted by Crippen LogP contribution is 2.32. The number of fused-ring (bicyclic) bond motifs is 1. The van der Waals surface area contributed by atoms with Crippen molar-refractivity contribution in [2.75, 3.05) is 18.0 Å². The Kier molecular flexibility index (Phi) is 3.47. The third kappa shape index (κ3) is 2.31. The van der Waals surface area contributed by atoms with Gasteiger partial charge in [-0.15, -0.1) is 0 Å². The summed E-state index contributed by atoms with van der Waals surface area (Å²) in [7, 11) is 0. The number of benzene rings is 1. The van der Waals surface area contributed by atoms with Crippen LogP contribution in [0.2, 0.25) is 0 Å². The molecule has 1 fully saturated rings. The smallest absolute Gasteiger partial charge is 0.0794 e. The van der Waals surface area contributed by atoms with E-state index in [0.717, 1.165) is 36.0 Å². The maximum atomic E-state index is 4.55. The second-order valence-corrected chi connectivity index (χ2v) is 6.13. The van der Waals surface area contributed by atoms with E-state index in [4.69, 9.17) is 0 Å². The van der Waals surface area contributed by atoms with Gasteiger partial charge in [0.25, 0.3) is 0 Å². The van der Waals surface area contributed by atoms with Crippen molar-refractivity contribution >= 4 is 22.7 Å². The predicted molar refractivity (Wildman–Crippen MR) is 87.0 cm³/mol. The van der Waals surface area contributed by atoms with Gasteiger partial charge in [-0.2, -0.15) is 0 Å². The minimum absolute atomic E-state index is 0.754. The Hall–Kier alpha value is -1.83. The lowest BCUT2D eigenvalue weighted by atomic mass is 9.91. The van der Waals surface area contributed by atoms with Crippen LogP contribution in [0.1, 0.15) is 25.8 Å². The molecule has 0 N–H and O–H groups in total. The molecule has 2 heterocycles. The summed E-state index contributed by atoms with van der Waals surface area (Å²) >= 11 is 0. The highest BCUT2D eigenvalue weighted by atomic mass is 15.1. The van der Waals surface area contributed by atoms with Crippen LogP contribution in [0.15, 0.2) is 37.0 Å². The second-order valence-electron chi connectivity index (χ2n) is 6.13. The topological polar surface area (TPSA) is 16.1 Å². The molecule has 0 radical (unpaired) electrons. The Balaban J connectivity index is 2.10. The van der Waals surface area contributed by atoms with Gasteiger partial charge in [0, 0.05) is 35.9 Å². The number of aromatic nitrogens is 1. The normalized spacial score (nSPS) is 23.0. The van der Waals surface area contributed by atoms with E-state index < -0.39 is 0 Å². The summed E-state index contributed by atoms with van der Waals surface area (Å²) in [5.41, 5.74) is 3.49. The molecule has 2 atom stereocenters. The highest BCUT2D eigenvalue weighted by molar-refractivity contribution is 5.96. The first-order valence-corrected chi connectivity index (χ1v) is 7.44. The van der Waals surface area contributed by atoms with Gasteiger partial charge in [-0.25, -0.2) is 0 Å². The fraction of sp³-hybridized carbons (Fsp3) is 0.389. The van der Waals surface area contributed by atoms with E-state index in [1.54, 1.807) is 0 Å². The van der Waals surface area contributed by atoms with Gasteiger partial charge in [0.05, 0.1) is 5.52 Å². The second kappa shape index (κ2) is 5.28. The molecule has 2 heteroatoms.